The van der Waals surface area contributed by atoms with Crippen LogP contribution in [0.3, 0.4) is 0 Å². The van der Waals surface area contributed by atoms with Crippen molar-refractivity contribution in [3.05, 3.63) is 17.2 Å². The van der Waals surface area contributed by atoms with Gasteiger partial charge in [-0.15, -0.1) is 0 Å². The lowest BCUT2D eigenvalue weighted by Crippen LogP contribution is -2.51. The summed E-state index contributed by atoms with van der Waals surface area (Å²) in [5, 5.41) is 13.6. The number of fused-ring (bicyclic) bond motifs is 1. The van der Waals surface area contributed by atoms with E-state index in [1.807, 2.05) is 0 Å². The van der Waals surface area contributed by atoms with E-state index in [1.165, 1.54) is 49.9 Å². The molecule has 1 N–H and O–H groups in total. The van der Waals surface area contributed by atoms with Gasteiger partial charge in [0.1, 0.15) is 11.4 Å². The largest absolute Gasteiger partial charge is 0.329 e. The topological polar surface area (TPSA) is 53.6 Å². The summed E-state index contributed by atoms with van der Waals surface area (Å²) in [6, 6.07) is 3.24. The zero-order valence-electron chi connectivity index (χ0n) is 12.9. The molecule has 4 nitrogen and oxygen atoms in total. The first kappa shape index (κ1) is 13.3. The molecule has 0 saturated heterocycles. The SMILES string of the molecule is Cc1nc2c(n1CC(C#N)(NC1CC1)C1CC1)CCCC2. The smallest absolute Gasteiger partial charge is 0.127 e. The predicted molar refractivity (Wildman–Crippen MR) is 80.8 cm³/mol. The molecule has 0 aromatic carbocycles. The number of aryl methyl sites for hydroxylation is 2. The van der Waals surface area contributed by atoms with Crippen LogP contribution in [0.5, 0.6) is 0 Å². The van der Waals surface area contributed by atoms with Crippen molar-refractivity contribution in [3.8, 4) is 6.07 Å². The molecule has 0 bridgehead atoms. The van der Waals surface area contributed by atoms with Gasteiger partial charge in [-0.25, -0.2) is 4.98 Å². The van der Waals surface area contributed by atoms with E-state index >= 15 is 0 Å². The van der Waals surface area contributed by atoms with Gasteiger partial charge in [0, 0.05) is 11.7 Å². The maximum Gasteiger partial charge on any atom is 0.127 e. The minimum absolute atomic E-state index is 0.363. The summed E-state index contributed by atoms with van der Waals surface area (Å²) in [6.07, 6.45) is 9.63. The van der Waals surface area contributed by atoms with Gasteiger partial charge in [0.05, 0.1) is 18.3 Å². The summed E-state index contributed by atoms with van der Waals surface area (Å²) in [5.41, 5.74) is 2.32. The number of imidazole rings is 1. The number of rotatable bonds is 5. The van der Waals surface area contributed by atoms with E-state index in [-0.39, 0.29) is 5.54 Å². The van der Waals surface area contributed by atoms with Crippen LogP contribution in [0.1, 0.15) is 55.7 Å². The van der Waals surface area contributed by atoms with Gasteiger partial charge in [-0.1, -0.05) is 0 Å². The van der Waals surface area contributed by atoms with Crippen LogP contribution in [0.25, 0.3) is 0 Å². The molecule has 0 radical (unpaired) electrons. The first-order chi connectivity index (χ1) is 10.2. The Balaban J connectivity index is 1.66. The van der Waals surface area contributed by atoms with Crippen LogP contribution in [0.2, 0.25) is 0 Å². The molecule has 0 aliphatic heterocycles. The molecule has 21 heavy (non-hydrogen) atoms. The van der Waals surface area contributed by atoms with Gasteiger partial charge in [0.2, 0.25) is 0 Å². The first-order valence-electron chi connectivity index (χ1n) is 8.46. The normalized spacial score (nSPS) is 24.2. The van der Waals surface area contributed by atoms with E-state index in [0.29, 0.717) is 12.0 Å². The first-order valence-corrected chi connectivity index (χ1v) is 8.46. The second-order valence-electron chi connectivity index (χ2n) is 7.12. The van der Waals surface area contributed by atoms with Gasteiger partial charge in [-0.3, -0.25) is 5.32 Å². The van der Waals surface area contributed by atoms with Crippen LogP contribution < -0.4 is 5.32 Å². The van der Waals surface area contributed by atoms with E-state index in [0.717, 1.165) is 25.2 Å². The highest BCUT2D eigenvalue weighted by Crippen LogP contribution is 2.43. The van der Waals surface area contributed by atoms with Crippen molar-refractivity contribution < 1.29 is 0 Å². The molecule has 4 rings (SSSR count). The number of aromatic nitrogens is 2. The Morgan fingerprint density at radius 3 is 2.71 bits per heavy atom. The Labute approximate surface area is 126 Å². The van der Waals surface area contributed by atoms with Gasteiger partial charge >= 0.3 is 0 Å². The van der Waals surface area contributed by atoms with Gasteiger partial charge in [-0.2, -0.15) is 5.26 Å². The van der Waals surface area contributed by atoms with E-state index in [2.05, 4.69) is 22.9 Å². The summed E-state index contributed by atoms with van der Waals surface area (Å²) in [7, 11) is 0. The van der Waals surface area contributed by atoms with E-state index in [4.69, 9.17) is 4.98 Å². The monoisotopic (exact) mass is 284 g/mol. The number of hydrogen-bond acceptors (Lipinski definition) is 3. The zero-order valence-corrected chi connectivity index (χ0v) is 12.9. The van der Waals surface area contributed by atoms with Crippen molar-refractivity contribution in [2.24, 2.45) is 5.92 Å². The van der Waals surface area contributed by atoms with E-state index in [1.54, 1.807) is 0 Å². The number of hydrogen-bond donors (Lipinski definition) is 1. The van der Waals surface area contributed by atoms with Crippen LogP contribution in [0, 0.1) is 24.2 Å². The molecule has 1 aromatic rings. The molecule has 0 spiro atoms. The Morgan fingerprint density at radius 1 is 1.29 bits per heavy atom. The molecule has 1 aromatic heterocycles. The second kappa shape index (κ2) is 4.84. The van der Waals surface area contributed by atoms with Crippen molar-refractivity contribution in [1.82, 2.24) is 14.9 Å². The Hall–Kier alpha value is -1.34. The third-order valence-corrected chi connectivity index (χ3v) is 5.34. The van der Waals surface area contributed by atoms with Gasteiger partial charge in [0.25, 0.3) is 0 Å². The van der Waals surface area contributed by atoms with Crippen molar-refractivity contribution in [2.75, 3.05) is 0 Å². The van der Waals surface area contributed by atoms with E-state index < -0.39 is 0 Å². The Morgan fingerprint density at radius 2 is 2.05 bits per heavy atom. The predicted octanol–water partition coefficient (Wildman–Crippen LogP) is 2.49. The lowest BCUT2D eigenvalue weighted by atomic mass is 9.93. The molecular formula is C17H24N4. The minimum atomic E-state index is -0.363. The fraction of sp³-hybridized carbons (Fsp3) is 0.765. The Kier molecular flexibility index (Phi) is 3.08. The highest BCUT2D eigenvalue weighted by Gasteiger charge is 2.49. The lowest BCUT2D eigenvalue weighted by Gasteiger charge is -2.30. The molecule has 2 saturated carbocycles. The maximum atomic E-state index is 9.91. The number of nitrogens with zero attached hydrogens (tertiary/aromatic N) is 3. The average molecular weight is 284 g/mol. The highest BCUT2D eigenvalue weighted by atomic mass is 15.2. The zero-order chi connectivity index (χ0) is 14.4. The fourth-order valence-corrected chi connectivity index (χ4v) is 3.81. The second-order valence-corrected chi connectivity index (χ2v) is 7.12. The molecule has 1 atom stereocenters. The van der Waals surface area contributed by atoms with Crippen LogP contribution in [-0.2, 0) is 19.4 Å². The van der Waals surface area contributed by atoms with Crippen LogP contribution >= 0.6 is 0 Å². The van der Waals surface area contributed by atoms with Crippen molar-refractivity contribution in [3.63, 3.8) is 0 Å². The average Bonchev–Trinajstić information content (AvgIpc) is 3.38. The van der Waals surface area contributed by atoms with Crippen LogP contribution in [0.4, 0.5) is 0 Å². The van der Waals surface area contributed by atoms with Gasteiger partial charge < -0.3 is 4.57 Å². The van der Waals surface area contributed by atoms with E-state index in [9.17, 15) is 5.26 Å². The molecular weight excluding hydrogens is 260 g/mol. The fourth-order valence-electron chi connectivity index (χ4n) is 3.81. The Bertz CT molecular complexity index is 589. The van der Waals surface area contributed by atoms with Gasteiger partial charge in [0.15, 0.2) is 0 Å². The summed E-state index contributed by atoms with van der Waals surface area (Å²) in [4.78, 5) is 4.77. The molecule has 4 heteroatoms. The minimum Gasteiger partial charge on any atom is -0.329 e. The standard InChI is InChI=1S/C17H24N4/c1-12-19-15-4-2-3-5-16(15)21(12)11-17(10-18,13-6-7-13)20-14-8-9-14/h13-14,20H,2-9,11H2,1H3. The molecule has 0 amide bonds. The number of nitriles is 1. The summed E-state index contributed by atoms with van der Waals surface area (Å²) >= 11 is 0. The molecule has 1 unspecified atom stereocenters. The van der Waals surface area contributed by atoms with Crippen molar-refractivity contribution in [1.29, 1.82) is 5.26 Å². The maximum absolute atomic E-state index is 9.91. The quantitative estimate of drug-likeness (QED) is 0.904. The third-order valence-electron chi connectivity index (χ3n) is 5.34. The van der Waals surface area contributed by atoms with Crippen LogP contribution in [0.15, 0.2) is 0 Å². The molecule has 112 valence electrons. The van der Waals surface area contributed by atoms with Crippen molar-refractivity contribution in [2.45, 2.75) is 76.4 Å². The molecule has 3 aliphatic rings. The highest BCUT2D eigenvalue weighted by molar-refractivity contribution is 5.24. The summed E-state index contributed by atoms with van der Waals surface area (Å²) < 4.78 is 2.35. The van der Waals surface area contributed by atoms with Crippen LogP contribution in [-0.4, -0.2) is 21.1 Å². The molecule has 3 aliphatic carbocycles. The summed E-state index contributed by atoms with van der Waals surface area (Å²) in [6.45, 7) is 2.89. The third kappa shape index (κ3) is 2.38. The lowest BCUT2D eigenvalue weighted by molar-refractivity contribution is 0.308. The molecule has 2 fully saturated rings. The molecule has 1 heterocycles. The van der Waals surface area contributed by atoms with Gasteiger partial charge in [-0.05, 0) is 64.2 Å². The number of nitrogens with one attached hydrogen (secondary N) is 1. The van der Waals surface area contributed by atoms with Crippen molar-refractivity contribution >= 4 is 0 Å². The summed E-state index contributed by atoms with van der Waals surface area (Å²) in [5.74, 6) is 1.63.